The summed E-state index contributed by atoms with van der Waals surface area (Å²) in [4.78, 5) is 11.2. The molecule has 0 spiro atoms. The van der Waals surface area contributed by atoms with Gasteiger partial charge < -0.3 is 5.11 Å². The number of aliphatic carboxylic acids is 1. The second-order valence-corrected chi connectivity index (χ2v) is 3.55. The summed E-state index contributed by atoms with van der Waals surface area (Å²) in [6.07, 6.45) is 1.13. The Bertz CT molecular complexity index is 314. The summed E-state index contributed by atoms with van der Waals surface area (Å²) in [6, 6.07) is 7.92. The van der Waals surface area contributed by atoms with Crippen LogP contribution in [0.4, 0.5) is 0 Å². The van der Waals surface area contributed by atoms with Crippen molar-refractivity contribution < 1.29 is 9.90 Å². The molecule has 0 radical (unpaired) electrons. The van der Waals surface area contributed by atoms with Crippen molar-refractivity contribution in [1.82, 2.24) is 0 Å². The van der Waals surface area contributed by atoms with Crippen LogP contribution in [-0.2, 0) is 4.79 Å². The van der Waals surface area contributed by atoms with Gasteiger partial charge in [0, 0.05) is 11.0 Å². The molecule has 3 heteroatoms. The van der Waals surface area contributed by atoms with Crippen molar-refractivity contribution in [1.29, 1.82) is 0 Å². The van der Waals surface area contributed by atoms with Crippen molar-refractivity contribution in [3.8, 4) is 0 Å². The number of carboxylic acid groups (broad SMARTS) is 1. The predicted octanol–water partition coefficient (Wildman–Crippen LogP) is 2.69. The molecule has 0 saturated heterocycles. The van der Waals surface area contributed by atoms with E-state index >= 15 is 0 Å². The number of benzene rings is 1. The molecular weight excluding hydrogens is 184 g/mol. The molecule has 0 heterocycles. The lowest BCUT2D eigenvalue weighted by molar-refractivity contribution is -0.131. The fourth-order valence-electron chi connectivity index (χ4n) is 0.788. The minimum absolute atomic E-state index is 0.917. The number of thioether (sulfide) groups is 1. The van der Waals surface area contributed by atoms with Gasteiger partial charge in [-0.25, -0.2) is 4.79 Å². The van der Waals surface area contributed by atoms with Gasteiger partial charge in [0.1, 0.15) is 0 Å². The summed E-state index contributed by atoms with van der Waals surface area (Å²) < 4.78 is 0. The molecule has 0 fully saturated rings. The predicted molar refractivity (Wildman–Crippen MR) is 53.8 cm³/mol. The van der Waals surface area contributed by atoms with Gasteiger partial charge in [-0.05, 0) is 24.5 Å². The molecule has 2 nitrogen and oxygen atoms in total. The first-order valence-corrected chi connectivity index (χ1v) is 4.69. The monoisotopic (exact) mass is 194 g/mol. The van der Waals surface area contributed by atoms with Crippen LogP contribution < -0.4 is 0 Å². The Morgan fingerprint density at radius 3 is 2.54 bits per heavy atom. The zero-order chi connectivity index (χ0) is 9.68. The Morgan fingerprint density at radius 1 is 1.38 bits per heavy atom. The van der Waals surface area contributed by atoms with Crippen LogP contribution in [0.3, 0.4) is 0 Å². The first-order chi connectivity index (χ1) is 6.18. The van der Waals surface area contributed by atoms with E-state index in [2.05, 4.69) is 0 Å². The first-order valence-electron chi connectivity index (χ1n) is 3.81. The Morgan fingerprint density at radius 2 is 2.00 bits per heavy atom. The summed E-state index contributed by atoms with van der Waals surface area (Å²) in [6.45, 7) is 2.02. The van der Waals surface area contributed by atoms with E-state index in [-0.39, 0.29) is 0 Å². The summed E-state index contributed by atoms with van der Waals surface area (Å²) >= 11 is 1.40. The van der Waals surface area contributed by atoms with Gasteiger partial charge in [-0.2, -0.15) is 0 Å². The Labute approximate surface area is 81.3 Å². The molecule has 0 amide bonds. The molecule has 0 bridgehead atoms. The Hall–Kier alpha value is -1.22. The van der Waals surface area contributed by atoms with Gasteiger partial charge in [-0.15, -0.1) is 0 Å². The third-order valence-electron chi connectivity index (χ3n) is 1.44. The lowest BCUT2D eigenvalue weighted by atomic mass is 10.2. The minimum atomic E-state index is -0.917. The largest absolute Gasteiger partial charge is 0.478 e. The number of hydrogen-bond acceptors (Lipinski definition) is 2. The van der Waals surface area contributed by atoms with Crippen LogP contribution in [0, 0.1) is 6.92 Å². The van der Waals surface area contributed by atoms with E-state index in [1.54, 1.807) is 5.41 Å². The van der Waals surface area contributed by atoms with E-state index in [9.17, 15) is 4.79 Å². The lowest BCUT2D eigenvalue weighted by Crippen LogP contribution is -1.84. The average molecular weight is 194 g/mol. The van der Waals surface area contributed by atoms with Gasteiger partial charge in [0.15, 0.2) is 0 Å². The molecule has 1 aromatic carbocycles. The normalized spacial score (nSPS) is 10.5. The summed E-state index contributed by atoms with van der Waals surface area (Å²) in [7, 11) is 0. The van der Waals surface area contributed by atoms with Gasteiger partial charge in [0.25, 0.3) is 0 Å². The topological polar surface area (TPSA) is 37.3 Å². The summed E-state index contributed by atoms with van der Waals surface area (Å²) in [5.41, 5.74) is 1.20. The number of carbonyl (C=O) groups is 1. The second kappa shape index (κ2) is 4.72. The fourth-order valence-corrected chi connectivity index (χ4v) is 1.42. The van der Waals surface area contributed by atoms with Crippen LogP contribution in [-0.4, -0.2) is 11.1 Å². The molecule has 0 atom stereocenters. The zero-order valence-corrected chi connectivity index (χ0v) is 8.04. The second-order valence-electron chi connectivity index (χ2n) is 2.57. The third kappa shape index (κ3) is 3.80. The standard InChI is InChI=1S/C10H10O2S/c1-8-2-4-9(5-3-8)13-7-6-10(11)12/h2-7H,1H3,(H,11,12). The molecule has 0 unspecified atom stereocenters. The molecule has 0 saturated carbocycles. The highest BCUT2D eigenvalue weighted by molar-refractivity contribution is 8.02. The van der Waals surface area contributed by atoms with Gasteiger partial charge in [-0.1, -0.05) is 29.5 Å². The van der Waals surface area contributed by atoms with Crippen LogP contribution >= 0.6 is 11.8 Å². The molecule has 0 aliphatic heterocycles. The van der Waals surface area contributed by atoms with E-state index < -0.39 is 5.97 Å². The molecule has 68 valence electrons. The smallest absolute Gasteiger partial charge is 0.328 e. The van der Waals surface area contributed by atoms with Crippen LogP contribution in [0.5, 0.6) is 0 Å². The highest BCUT2D eigenvalue weighted by atomic mass is 32.2. The maximum atomic E-state index is 10.1. The van der Waals surface area contributed by atoms with Crippen molar-refractivity contribution in [2.45, 2.75) is 11.8 Å². The Kier molecular flexibility index (Phi) is 3.58. The van der Waals surface area contributed by atoms with Crippen LogP contribution in [0.2, 0.25) is 0 Å². The number of hydrogen-bond donors (Lipinski definition) is 1. The van der Waals surface area contributed by atoms with E-state index in [4.69, 9.17) is 5.11 Å². The fraction of sp³-hybridized carbons (Fsp3) is 0.100. The van der Waals surface area contributed by atoms with Crippen molar-refractivity contribution in [2.24, 2.45) is 0 Å². The molecule has 0 aromatic heterocycles. The molecule has 1 aromatic rings. The zero-order valence-electron chi connectivity index (χ0n) is 7.23. The molecule has 1 rings (SSSR count). The molecular formula is C10H10O2S. The third-order valence-corrected chi connectivity index (χ3v) is 2.25. The van der Waals surface area contributed by atoms with E-state index in [0.29, 0.717) is 0 Å². The summed E-state index contributed by atoms with van der Waals surface area (Å²) in [5.74, 6) is -0.917. The van der Waals surface area contributed by atoms with Gasteiger partial charge in [0.2, 0.25) is 0 Å². The van der Waals surface area contributed by atoms with Gasteiger partial charge in [0.05, 0.1) is 0 Å². The van der Waals surface area contributed by atoms with Crippen LogP contribution in [0.1, 0.15) is 5.56 Å². The van der Waals surface area contributed by atoms with E-state index in [1.165, 1.54) is 17.3 Å². The maximum absolute atomic E-state index is 10.1. The van der Waals surface area contributed by atoms with Crippen molar-refractivity contribution >= 4 is 17.7 Å². The SMILES string of the molecule is Cc1ccc(SC=CC(=O)O)cc1. The van der Waals surface area contributed by atoms with Gasteiger partial charge >= 0.3 is 5.97 Å². The number of carboxylic acids is 1. The quantitative estimate of drug-likeness (QED) is 0.593. The number of rotatable bonds is 3. The van der Waals surface area contributed by atoms with Crippen LogP contribution in [0.25, 0.3) is 0 Å². The molecule has 1 N–H and O–H groups in total. The lowest BCUT2D eigenvalue weighted by Gasteiger charge is -1.95. The average Bonchev–Trinajstić information content (AvgIpc) is 2.08. The highest BCUT2D eigenvalue weighted by Gasteiger charge is 1.90. The van der Waals surface area contributed by atoms with Crippen molar-refractivity contribution in [2.75, 3.05) is 0 Å². The molecule has 13 heavy (non-hydrogen) atoms. The molecule has 0 aliphatic rings. The summed E-state index contributed by atoms with van der Waals surface area (Å²) in [5, 5.41) is 9.90. The first kappa shape index (κ1) is 9.86. The highest BCUT2D eigenvalue weighted by Crippen LogP contribution is 2.18. The van der Waals surface area contributed by atoms with Crippen molar-refractivity contribution in [3.63, 3.8) is 0 Å². The Balaban J connectivity index is 2.55. The number of aryl methyl sites for hydroxylation is 1. The van der Waals surface area contributed by atoms with E-state index in [1.807, 2.05) is 31.2 Å². The van der Waals surface area contributed by atoms with E-state index in [0.717, 1.165) is 11.0 Å². The van der Waals surface area contributed by atoms with Crippen LogP contribution in [0.15, 0.2) is 40.6 Å². The van der Waals surface area contributed by atoms with Gasteiger partial charge in [-0.3, -0.25) is 0 Å². The molecule has 0 aliphatic carbocycles. The van der Waals surface area contributed by atoms with Crippen molar-refractivity contribution in [3.05, 3.63) is 41.3 Å². The minimum Gasteiger partial charge on any atom is -0.478 e. The maximum Gasteiger partial charge on any atom is 0.328 e.